The standard InChI is InChI=1S/C20H29N3O6/c1-13(22-6-8-23(9-7-22)19(25)29-20(2,3)4)18(24)21-14-10-16-17(28-12-27-16)11-15(14)26-5/h10-11,13H,6-9,12H2,1-5H3,(H,21,24). The molecule has 1 unspecified atom stereocenters. The fourth-order valence-electron chi connectivity index (χ4n) is 3.21. The second kappa shape index (κ2) is 8.36. The van der Waals surface area contributed by atoms with Gasteiger partial charge in [0.2, 0.25) is 12.7 Å². The molecular formula is C20H29N3O6. The van der Waals surface area contributed by atoms with Gasteiger partial charge in [-0.3, -0.25) is 9.69 Å². The van der Waals surface area contributed by atoms with Gasteiger partial charge in [0.05, 0.1) is 18.8 Å². The van der Waals surface area contributed by atoms with Crippen molar-refractivity contribution in [2.75, 3.05) is 45.4 Å². The molecule has 0 aromatic heterocycles. The molecule has 0 spiro atoms. The first kappa shape index (κ1) is 21.0. The normalized spacial score (nSPS) is 17.6. The van der Waals surface area contributed by atoms with E-state index in [-0.39, 0.29) is 24.8 Å². The maximum atomic E-state index is 12.8. The van der Waals surface area contributed by atoms with Crippen LogP contribution in [0, 0.1) is 0 Å². The van der Waals surface area contributed by atoms with E-state index >= 15 is 0 Å². The molecule has 0 aliphatic carbocycles. The van der Waals surface area contributed by atoms with Gasteiger partial charge in [-0.15, -0.1) is 0 Å². The highest BCUT2D eigenvalue weighted by atomic mass is 16.7. The summed E-state index contributed by atoms with van der Waals surface area (Å²) in [5, 5.41) is 2.91. The number of carbonyl (C=O) groups is 2. The SMILES string of the molecule is COc1cc2c(cc1NC(=O)C(C)N1CCN(C(=O)OC(C)(C)C)CC1)OCO2. The number of nitrogens with one attached hydrogen (secondary N) is 1. The number of methoxy groups -OCH3 is 1. The summed E-state index contributed by atoms with van der Waals surface area (Å²) >= 11 is 0. The van der Waals surface area contributed by atoms with Crippen molar-refractivity contribution in [3.63, 3.8) is 0 Å². The number of carbonyl (C=O) groups excluding carboxylic acids is 2. The molecule has 160 valence electrons. The van der Waals surface area contributed by atoms with Gasteiger partial charge in [-0.25, -0.2) is 4.79 Å². The van der Waals surface area contributed by atoms with Crippen molar-refractivity contribution in [2.24, 2.45) is 0 Å². The van der Waals surface area contributed by atoms with Gasteiger partial charge in [0.1, 0.15) is 11.4 Å². The number of hydrogen-bond donors (Lipinski definition) is 1. The van der Waals surface area contributed by atoms with Gasteiger partial charge >= 0.3 is 6.09 Å². The number of benzene rings is 1. The monoisotopic (exact) mass is 407 g/mol. The number of anilines is 1. The molecule has 1 N–H and O–H groups in total. The molecule has 1 fully saturated rings. The van der Waals surface area contributed by atoms with Gasteiger partial charge in [0.25, 0.3) is 0 Å². The zero-order chi connectivity index (χ0) is 21.2. The summed E-state index contributed by atoms with van der Waals surface area (Å²) < 4.78 is 21.5. The minimum Gasteiger partial charge on any atom is -0.494 e. The summed E-state index contributed by atoms with van der Waals surface area (Å²) in [5.41, 5.74) is 0.00594. The molecule has 0 bridgehead atoms. The van der Waals surface area contributed by atoms with Gasteiger partial charge in [0.15, 0.2) is 11.5 Å². The van der Waals surface area contributed by atoms with Crippen LogP contribution in [0.2, 0.25) is 0 Å². The van der Waals surface area contributed by atoms with Crippen LogP contribution < -0.4 is 19.5 Å². The molecule has 2 aliphatic rings. The minimum atomic E-state index is -0.523. The van der Waals surface area contributed by atoms with E-state index in [1.54, 1.807) is 17.0 Å². The maximum Gasteiger partial charge on any atom is 0.410 e. The Hall–Kier alpha value is -2.68. The van der Waals surface area contributed by atoms with Gasteiger partial charge in [-0.1, -0.05) is 0 Å². The first-order valence-electron chi connectivity index (χ1n) is 9.68. The molecule has 9 heteroatoms. The Balaban J connectivity index is 1.57. The highest BCUT2D eigenvalue weighted by molar-refractivity contribution is 5.96. The molecule has 29 heavy (non-hydrogen) atoms. The molecule has 2 aliphatic heterocycles. The highest BCUT2D eigenvalue weighted by Crippen LogP contribution is 2.40. The molecule has 1 atom stereocenters. The smallest absolute Gasteiger partial charge is 0.410 e. The molecular weight excluding hydrogens is 378 g/mol. The molecule has 9 nitrogen and oxygen atoms in total. The number of fused-ring (bicyclic) bond motifs is 1. The third-order valence-corrected chi connectivity index (χ3v) is 4.85. The summed E-state index contributed by atoms with van der Waals surface area (Å²) in [6.45, 7) is 9.73. The molecule has 3 rings (SSSR count). The van der Waals surface area contributed by atoms with Crippen LogP contribution in [-0.4, -0.2) is 73.5 Å². The second-order valence-electron chi connectivity index (χ2n) is 8.07. The van der Waals surface area contributed by atoms with E-state index in [4.69, 9.17) is 18.9 Å². The lowest BCUT2D eigenvalue weighted by Gasteiger charge is -2.37. The average molecular weight is 407 g/mol. The Morgan fingerprint density at radius 1 is 1.10 bits per heavy atom. The van der Waals surface area contributed by atoms with Crippen molar-refractivity contribution in [3.8, 4) is 17.2 Å². The quantitative estimate of drug-likeness (QED) is 0.819. The largest absolute Gasteiger partial charge is 0.494 e. The first-order chi connectivity index (χ1) is 13.7. The molecule has 1 aromatic rings. The fourth-order valence-corrected chi connectivity index (χ4v) is 3.21. The summed E-state index contributed by atoms with van der Waals surface area (Å²) in [6.07, 6.45) is -0.320. The van der Waals surface area contributed by atoms with Crippen LogP contribution in [0.3, 0.4) is 0 Å². The number of nitrogens with zero attached hydrogens (tertiary/aromatic N) is 2. The van der Waals surface area contributed by atoms with Crippen LogP contribution in [0.5, 0.6) is 17.2 Å². The van der Waals surface area contributed by atoms with Crippen molar-refractivity contribution in [1.29, 1.82) is 0 Å². The van der Waals surface area contributed by atoms with Crippen LogP contribution in [-0.2, 0) is 9.53 Å². The van der Waals surface area contributed by atoms with E-state index in [9.17, 15) is 9.59 Å². The van der Waals surface area contributed by atoms with Crippen molar-refractivity contribution in [3.05, 3.63) is 12.1 Å². The third-order valence-electron chi connectivity index (χ3n) is 4.85. The van der Waals surface area contributed by atoms with Crippen LogP contribution in [0.15, 0.2) is 12.1 Å². The molecule has 0 saturated carbocycles. The fraction of sp³-hybridized carbons (Fsp3) is 0.600. The number of amides is 2. The Bertz CT molecular complexity index is 768. The second-order valence-corrected chi connectivity index (χ2v) is 8.07. The topological polar surface area (TPSA) is 89.6 Å². The summed E-state index contributed by atoms with van der Waals surface area (Å²) in [6, 6.07) is 3.03. The van der Waals surface area contributed by atoms with Crippen LogP contribution >= 0.6 is 0 Å². The Morgan fingerprint density at radius 2 is 1.72 bits per heavy atom. The number of piperazine rings is 1. The van der Waals surface area contributed by atoms with Crippen LogP contribution in [0.1, 0.15) is 27.7 Å². The lowest BCUT2D eigenvalue weighted by atomic mass is 10.2. The Kier molecular flexibility index (Phi) is 6.07. The highest BCUT2D eigenvalue weighted by Gasteiger charge is 2.30. The van der Waals surface area contributed by atoms with Crippen molar-refractivity contribution in [2.45, 2.75) is 39.3 Å². The molecule has 2 amide bonds. The van der Waals surface area contributed by atoms with E-state index in [0.29, 0.717) is 49.1 Å². The third kappa shape index (κ3) is 5.03. The lowest BCUT2D eigenvalue weighted by molar-refractivity contribution is -0.121. The van der Waals surface area contributed by atoms with Crippen molar-refractivity contribution in [1.82, 2.24) is 9.80 Å². The Morgan fingerprint density at radius 3 is 2.31 bits per heavy atom. The molecule has 2 heterocycles. The number of rotatable bonds is 4. The zero-order valence-corrected chi connectivity index (χ0v) is 17.6. The van der Waals surface area contributed by atoms with E-state index in [0.717, 1.165) is 0 Å². The van der Waals surface area contributed by atoms with Crippen molar-refractivity contribution < 1.29 is 28.5 Å². The van der Waals surface area contributed by atoms with Gasteiger partial charge in [0, 0.05) is 38.3 Å². The average Bonchev–Trinajstić information content (AvgIpc) is 3.12. The predicted molar refractivity (Wildman–Crippen MR) is 107 cm³/mol. The lowest BCUT2D eigenvalue weighted by Crippen LogP contribution is -2.54. The van der Waals surface area contributed by atoms with Gasteiger partial charge in [-0.2, -0.15) is 0 Å². The van der Waals surface area contributed by atoms with E-state index < -0.39 is 5.60 Å². The van der Waals surface area contributed by atoms with Crippen LogP contribution in [0.25, 0.3) is 0 Å². The molecule has 1 saturated heterocycles. The minimum absolute atomic E-state index is 0.147. The summed E-state index contributed by atoms with van der Waals surface area (Å²) in [7, 11) is 1.53. The van der Waals surface area contributed by atoms with Gasteiger partial charge < -0.3 is 29.2 Å². The number of hydrogen-bond acceptors (Lipinski definition) is 7. The predicted octanol–water partition coefficient (Wildman–Crippen LogP) is 2.30. The van der Waals surface area contributed by atoms with Crippen LogP contribution in [0.4, 0.5) is 10.5 Å². The van der Waals surface area contributed by atoms with Gasteiger partial charge in [-0.05, 0) is 27.7 Å². The van der Waals surface area contributed by atoms with E-state index in [1.165, 1.54) is 7.11 Å². The Labute approximate surface area is 170 Å². The number of ether oxygens (including phenoxy) is 4. The molecule has 1 aromatic carbocycles. The zero-order valence-electron chi connectivity index (χ0n) is 17.6. The first-order valence-corrected chi connectivity index (χ1v) is 9.68. The summed E-state index contributed by atoms with van der Waals surface area (Å²) in [4.78, 5) is 28.7. The van der Waals surface area contributed by atoms with E-state index in [2.05, 4.69) is 5.32 Å². The van der Waals surface area contributed by atoms with Crippen molar-refractivity contribution >= 4 is 17.7 Å². The van der Waals surface area contributed by atoms with E-state index in [1.807, 2.05) is 32.6 Å². The summed E-state index contributed by atoms with van der Waals surface area (Å²) in [5.74, 6) is 1.50. The maximum absolute atomic E-state index is 12.8. The molecule has 0 radical (unpaired) electrons.